The number of benzene rings is 1. The molecule has 0 heterocycles. The molecule has 70 valence electrons. The molecule has 0 saturated heterocycles. The lowest BCUT2D eigenvalue weighted by Crippen LogP contribution is -1.97. The van der Waals surface area contributed by atoms with Crippen LogP contribution < -0.4 is 0 Å². The summed E-state index contributed by atoms with van der Waals surface area (Å²) in [6, 6.07) is 9.60. The fraction of sp³-hybridized carbons (Fsp3) is 0.222. The number of esters is 1. The van der Waals surface area contributed by atoms with Crippen molar-refractivity contribution in [2.45, 2.75) is 13.5 Å². The quantitative estimate of drug-likeness (QED) is 0.540. The summed E-state index contributed by atoms with van der Waals surface area (Å²) in [6.45, 7) is 1.78. The van der Waals surface area contributed by atoms with Gasteiger partial charge in [0.1, 0.15) is 6.61 Å². The highest BCUT2D eigenvalue weighted by Crippen LogP contribution is 1.99. The number of hydrogen-bond acceptors (Lipinski definition) is 3. The van der Waals surface area contributed by atoms with E-state index in [4.69, 9.17) is 9.30 Å². The van der Waals surface area contributed by atoms with Crippen LogP contribution in [0, 0.1) is 0 Å². The number of hydrogen-bond donors (Lipinski definition) is 0. The standard InChI is InChI=1S/C9H10O2.H2OP/c1-8(10)11-7-9-5-3-2-4-6-9;1-2/h2-6H,7H2,1H3;2H2/q;+1. The largest absolute Gasteiger partial charge is 0.461 e. The average Bonchev–Trinajstić information content (AvgIpc) is 2.19. The predicted octanol–water partition coefficient (Wildman–Crippen LogP) is 1.96. The van der Waals surface area contributed by atoms with E-state index in [1.807, 2.05) is 30.3 Å². The molecule has 1 rings (SSSR count). The third kappa shape index (κ3) is 6.00. The van der Waals surface area contributed by atoms with Gasteiger partial charge in [0, 0.05) is 6.92 Å². The van der Waals surface area contributed by atoms with Crippen LogP contribution in [0.2, 0.25) is 0 Å². The van der Waals surface area contributed by atoms with Gasteiger partial charge in [0.05, 0.1) is 0 Å². The van der Waals surface area contributed by atoms with Gasteiger partial charge in [-0.25, -0.2) is 0 Å². The lowest BCUT2D eigenvalue weighted by Gasteiger charge is -1.99. The molecule has 0 N–H and O–H groups in total. The number of carbonyl (C=O) groups excluding carboxylic acids is 1. The summed E-state index contributed by atoms with van der Waals surface area (Å²) in [7, 11) is 1.17. The van der Waals surface area contributed by atoms with Crippen molar-refractivity contribution in [2.75, 3.05) is 0 Å². The van der Waals surface area contributed by atoms with E-state index >= 15 is 0 Å². The lowest BCUT2D eigenvalue weighted by molar-refractivity contribution is -0.142. The van der Waals surface area contributed by atoms with E-state index in [1.54, 1.807) is 0 Å². The van der Waals surface area contributed by atoms with Gasteiger partial charge < -0.3 is 4.74 Å². The molecule has 0 amide bonds. The molecule has 1 aromatic rings. The Balaban J connectivity index is 0.000000671. The van der Waals surface area contributed by atoms with Crippen LogP contribution in [0.5, 0.6) is 0 Å². The molecule has 1 aromatic carbocycles. The molecule has 0 fully saturated rings. The predicted molar refractivity (Wildman–Crippen MR) is 52.3 cm³/mol. The van der Waals surface area contributed by atoms with Crippen LogP contribution in [-0.2, 0) is 20.7 Å². The van der Waals surface area contributed by atoms with Crippen LogP contribution in [0.1, 0.15) is 12.5 Å². The van der Waals surface area contributed by atoms with E-state index in [1.165, 1.54) is 16.0 Å². The number of ether oxygens (including phenoxy) is 1. The second-order valence-electron chi connectivity index (χ2n) is 2.27. The first-order chi connectivity index (χ1) is 6.29. The Bertz CT molecular complexity index is 248. The molecule has 0 aliphatic carbocycles. The first-order valence-corrected chi connectivity index (χ1v) is 4.17. The van der Waals surface area contributed by atoms with Gasteiger partial charge in [0.25, 0.3) is 0 Å². The molecule has 0 bridgehead atoms. The summed E-state index contributed by atoms with van der Waals surface area (Å²) >= 11 is 0. The minimum absolute atomic E-state index is 0.242. The summed E-state index contributed by atoms with van der Waals surface area (Å²) in [5.41, 5.74) is 1.02. The minimum atomic E-state index is -0.242. The van der Waals surface area contributed by atoms with E-state index in [0.717, 1.165) is 5.56 Å². The molecule has 0 saturated carbocycles. The topological polar surface area (TPSA) is 43.4 Å². The second-order valence-corrected chi connectivity index (χ2v) is 2.27. The van der Waals surface area contributed by atoms with Crippen molar-refractivity contribution in [2.24, 2.45) is 0 Å². The van der Waals surface area contributed by atoms with Gasteiger partial charge in [-0.05, 0) is 5.56 Å². The highest BCUT2D eigenvalue weighted by molar-refractivity contribution is 7.00. The van der Waals surface area contributed by atoms with Crippen molar-refractivity contribution in [1.29, 1.82) is 0 Å². The summed E-state index contributed by atoms with van der Waals surface area (Å²) in [6.07, 6.45) is 0. The van der Waals surface area contributed by atoms with Crippen molar-refractivity contribution in [3.8, 4) is 0 Å². The fourth-order valence-electron chi connectivity index (χ4n) is 0.759. The molecule has 0 radical (unpaired) electrons. The van der Waals surface area contributed by atoms with E-state index < -0.39 is 0 Å². The van der Waals surface area contributed by atoms with Crippen LogP contribution in [0.4, 0.5) is 0 Å². The Morgan fingerprint density at radius 1 is 1.31 bits per heavy atom. The molecular formula is C9H12O3P+. The molecule has 0 aliphatic heterocycles. The monoisotopic (exact) mass is 199 g/mol. The SMILES string of the molecule is CC(=O)OCc1ccccc1.O=[PH2+]. The van der Waals surface area contributed by atoms with Crippen LogP contribution in [-0.4, -0.2) is 5.97 Å². The van der Waals surface area contributed by atoms with Crippen LogP contribution in [0.15, 0.2) is 30.3 Å². The summed E-state index contributed by atoms with van der Waals surface area (Å²) in [5, 5.41) is 0. The van der Waals surface area contributed by atoms with Crippen molar-refractivity contribution in [1.82, 2.24) is 0 Å². The van der Waals surface area contributed by atoms with E-state index in [-0.39, 0.29) is 5.97 Å². The normalized spacial score (nSPS) is 8.08. The van der Waals surface area contributed by atoms with Gasteiger partial charge in [0.2, 0.25) is 0 Å². The lowest BCUT2D eigenvalue weighted by atomic mass is 10.2. The first kappa shape index (κ1) is 11.8. The molecular weight excluding hydrogens is 187 g/mol. The smallest absolute Gasteiger partial charge is 0.310 e. The Hall–Kier alpha value is -1.21. The van der Waals surface area contributed by atoms with E-state index in [2.05, 4.69) is 0 Å². The zero-order valence-electron chi connectivity index (χ0n) is 7.40. The van der Waals surface area contributed by atoms with E-state index in [0.29, 0.717) is 6.61 Å². The molecule has 0 aromatic heterocycles. The third-order valence-electron chi connectivity index (χ3n) is 1.28. The molecule has 1 unspecified atom stereocenters. The van der Waals surface area contributed by atoms with Crippen molar-refractivity contribution in [3.63, 3.8) is 0 Å². The van der Waals surface area contributed by atoms with Crippen LogP contribution >= 0.6 is 9.12 Å². The average molecular weight is 199 g/mol. The van der Waals surface area contributed by atoms with Gasteiger partial charge in [-0.15, -0.1) is 0 Å². The third-order valence-corrected chi connectivity index (χ3v) is 1.28. The van der Waals surface area contributed by atoms with Gasteiger partial charge >= 0.3 is 15.1 Å². The molecule has 0 spiro atoms. The Labute approximate surface area is 79.3 Å². The van der Waals surface area contributed by atoms with Gasteiger partial charge in [-0.3, -0.25) is 4.79 Å². The zero-order chi connectivity index (χ0) is 10.1. The Morgan fingerprint density at radius 2 is 1.85 bits per heavy atom. The number of carbonyl (C=O) groups is 1. The van der Waals surface area contributed by atoms with Crippen molar-refractivity contribution < 1.29 is 14.1 Å². The highest BCUT2D eigenvalue weighted by atomic mass is 31.0. The van der Waals surface area contributed by atoms with E-state index in [9.17, 15) is 4.79 Å². The Kier molecular flexibility index (Phi) is 6.75. The molecule has 4 heteroatoms. The van der Waals surface area contributed by atoms with Crippen LogP contribution in [0.25, 0.3) is 0 Å². The maximum absolute atomic E-state index is 10.4. The second kappa shape index (κ2) is 7.44. The minimum Gasteiger partial charge on any atom is -0.461 e. The maximum atomic E-state index is 10.4. The fourth-order valence-corrected chi connectivity index (χ4v) is 0.759. The van der Waals surface area contributed by atoms with Crippen molar-refractivity contribution >= 4 is 15.1 Å². The maximum Gasteiger partial charge on any atom is 0.310 e. The molecule has 0 aliphatic rings. The van der Waals surface area contributed by atoms with Crippen LogP contribution in [0.3, 0.4) is 0 Å². The summed E-state index contributed by atoms with van der Waals surface area (Å²) in [4.78, 5) is 10.4. The zero-order valence-corrected chi connectivity index (χ0v) is 8.55. The van der Waals surface area contributed by atoms with Gasteiger partial charge in [-0.2, -0.15) is 0 Å². The molecule has 1 atom stereocenters. The summed E-state index contributed by atoms with van der Waals surface area (Å²) < 4.78 is 13.0. The highest BCUT2D eigenvalue weighted by Gasteiger charge is 1.93. The summed E-state index contributed by atoms with van der Waals surface area (Å²) in [5.74, 6) is -0.242. The first-order valence-electron chi connectivity index (χ1n) is 3.70. The Morgan fingerprint density at radius 3 is 2.31 bits per heavy atom. The van der Waals surface area contributed by atoms with Gasteiger partial charge in [-0.1, -0.05) is 34.9 Å². The number of rotatable bonds is 2. The molecule has 13 heavy (non-hydrogen) atoms. The van der Waals surface area contributed by atoms with Crippen molar-refractivity contribution in [3.05, 3.63) is 35.9 Å². The molecule has 3 nitrogen and oxygen atoms in total. The van der Waals surface area contributed by atoms with Gasteiger partial charge in [0.15, 0.2) is 0 Å².